The van der Waals surface area contributed by atoms with Crippen molar-refractivity contribution in [2.75, 3.05) is 13.2 Å². The van der Waals surface area contributed by atoms with Crippen LogP contribution in [0.15, 0.2) is 0 Å². The maximum absolute atomic E-state index is 14.2. The average molecular weight is 303 g/mol. The number of fused-ring (bicyclic) bond motifs is 1. The van der Waals surface area contributed by atoms with Crippen molar-refractivity contribution in [2.45, 2.75) is 38.5 Å². The zero-order valence-corrected chi connectivity index (χ0v) is 11.9. The van der Waals surface area contributed by atoms with Gasteiger partial charge in [0, 0.05) is 16.8 Å². The third-order valence-electron chi connectivity index (χ3n) is 5.90. The Labute approximate surface area is 121 Å². The number of nitrogens with zero attached hydrogens (tertiary/aromatic N) is 1. The second kappa shape index (κ2) is 4.61. The molecule has 0 saturated heterocycles. The van der Waals surface area contributed by atoms with E-state index in [0.29, 0.717) is 19.3 Å². The monoisotopic (exact) mass is 303 g/mol. The van der Waals surface area contributed by atoms with E-state index >= 15 is 0 Å². The molecule has 0 aliphatic heterocycles. The van der Waals surface area contributed by atoms with Gasteiger partial charge in [0.2, 0.25) is 6.54 Å². The number of carbonyl (C=O) groups is 1. The van der Waals surface area contributed by atoms with E-state index < -0.39 is 52.4 Å². The number of nitro groups is 1. The molecule has 3 fully saturated rings. The first-order valence-corrected chi connectivity index (χ1v) is 7.48. The molecular formula is C14H19F2NO4. The standard InChI is InChI=1S/C14H19F2NO4/c1-2-21-11(18)6-13(7-17(19)20)9-4-3-8-5-10(13)12(9)14(8,15)16/h8-10,12H,2-7H2,1H3/t8-,9-,10+,12+,13+/m0/s1. The van der Waals surface area contributed by atoms with Crippen molar-refractivity contribution >= 4 is 5.97 Å². The highest BCUT2D eigenvalue weighted by Gasteiger charge is 2.78. The zero-order chi connectivity index (χ0) is 15.4. The maximum Gasteiger partial charge on any atom is 0.306 e. The van der Waals surface area contributed by atoms with Crippen molar-refractivity contribution in [2.24, 2.45) is 29.1 Å². The van der Waals surface area contributed by atoms with Crippen molar-refractivity contribution in [1.82, 2.24) is 0 Å². The Bertz CT molecular complexity index is 476. The SMILES string of the molecule is CCOC(=O)C[C@]1(C[N+](=O)[O-])[C@@H]2C[C@@H]3CC[C@H]1[C@H]2C3(F)F. The van der Waals surface area contributed by atoms with E-state index in [1.54, 1.807) is 6.92 Å². The molecule has 0 heterocycles. The van der Waals surface area contributed by atoms with Crippen LogP contribution < -0.4 is 0 Å². The van der Waals surface area contributed by atoms with E-state index in [0.717, 1.165) is 0 Å². The summed E-state index contributed by atoms with van der Waals surface area (Å²) in [6.07, 6.45) is 1.18. The van der Waals surface area contributed by atoms with Crippen LogP contribution in [0.1, 0.15) is 32.6 Å². The molecule has 21 heavy (non-hydrogen) atoms. The first-order valence-electron chi connectivity index (χ1n) is 7.48. The molecule has 0 aromatic rings. The molecule has 0 unspecified atom stereocenters. The first-order chi connectivity index (χ1) is 9.83. The molecule has 3 rings (SSSR count). The molecule has 5 nitrogen and oxygen atoms in total. The molecule has 0 aromatic carbocycles. The highest BCUT2D eigenvalue weighted by molar-refractivity contribution is 5.71. The fourth-order valence-electron chi connectivity index (χ4n) is 5.24. The lowest BCUT2D eigenvalue weighted by Gasteiger charge is -2.58. The van der Waals surface area contributed by atoms with Crippen molar-refractivity contribution in [3.05, 3.63) is 10.1 Å². The predicted octanol–water partition coefficient (Wildman–Crippen LogP) is 2.51. The Balaban J connectivity index is 1.89. The quantitative estimate of drug-likeness (QED) is 0.444. The van der Waals surface area contributed by atoms with Gasteiger partial charge in [-0.05, 0) is 38.0 Å². The summed E-state index contributed by atoms with van der Waals surface area (Å²) >= 11 is 0. The third-order valence-corrected chi connectivity index (χ3v) is 5.90. The van der Waals surface area contributed by atoms with Gasteiger partial charge in [-0.2, -0.15) is 0 Å². The fraction of sp³-hybridized carbons (Fsp3) is 0.929. The molecule has 5 atom stereocenters. The summed E-state index contributed by atoms with van der Waals surface area (Å²) in [5.41, 5.74) is -0.922. The summed E-state index contributed by atoms with van der Waals surface area (Å²) < 4.78 is 33.3. The Morgan fingerprint density at radius 2 is 2.10 bits per heavy atom. The minimum absolute atomic E-state index is 0.101. The predicted molar refractivity (Wildman–Crippen MR) is 68.3 cm³/mol. The summed E-state index contributed by atoms with van der Waals surface area (Å²) in [5, 5.41) is 11.0. The van der Waals surface area contributed by atoms with Gasteiger partial charge in [-0.25, -0.2) is 8.78 Å². The van der Waals surface area contributed by atoms with Crippen LogP contribution in [-0.4, -0.2) is 30.0 Å². The summed E-state index contributed by atoms with van der Waals surface area (Å²) in [4.78, 5) is 22.4. The van der Waals surface area contributed by atoms with Crippen LogP contribution in [0.25, 0.3) is 0 Å². The van der Waals surface area contributed by atoms with Gasteiger partial charge in [0.15, 0.2) is 0 Å². The number of rotatable bonds is 5. The molecule has 3 aliphatic rings. The Morgan fingerprint density at radius 3 is 2.71 bits per heavy atom. The van der Waals surface area contributed by atoms with Crippen LogP contribution in [0.5, 0.6) is 0 Å². The van der Waals surface area contributed by atoms with Gasteiger partial charge in [0.1, 0.15) is 0 Å². The second-order valence-electron chi connectivity index (χ2n) is 6.63. The number of hydrogen-bond acceptors (Lipinski definition) is 4. The molecule has 118 valence electrons. The fourth-order valence-corrected chi connectivity index (χ4v) is 5.24. The van der Waals surface area contributed by atoms with Gasteiger partial charge >= 0.3 is 5.97 Å². The van der Waals surface area contributed by atoms with Crippen molar-refractivity contribution < 1.29 is 23.2 Å². The Morgan fingerprint density at radius 1 is 1.38 bits per heavy atom. The summed E-state index contributed by atoms with van der Waals surface area (Å²) in [6, 6.07) is 0. The van der Waals surface area contributed by atoms with Crippen LogP contribution in [0.3, 0.4) is 0 Å². The number of halogens is 2. The number of alkyl halides is 2. The third kappa shape index (κ3) is 1.89. The van der Waals surface area contributed by atoms with Crippen LogP contribution in [0, 0.1) is 39.2 Å². The van der Waals surface area contributed by atoms with E-state index in [1.807, 2.05) is 0 Å². The largest absolute Gasteiger partial charge is 0.466 e. The van der Waals surface area contributed by atoms with Gasteiger partial charge in [-0.3, -0.25) is 14.9 Å². The number of hydrogen-bond donors (Lipinski definition) is 0. The molecule has 7 heteroatoms. The van der Waals surface area contributed by atoms with E-state index in [4.69, 9.17) is 4.74 Å². The molecule has 0 aromatic heterocycles. The average Bonchev–Trinajstić information content (AvgIpc) is 2.56. The molecular weight excluding hydrogens is 284 g/mol. The highest BCUT2D eigenvalue weighted by atomic mass is 19.3. The second-order valence-corrected chi connectivity index (χ2v) is 6.63. The molecule has 0 amide bonds. The number of ether oxygens (including phenoxy) is 1. The zero-order valence-electron chi connectivity index (χ0n) is 11.9. The molecule has 2 bridgehead atoms. The van der Waals surface area contributed by atoms with Gasteiger partial charge in [0.05, 0.1) is 18.4 Å². The van der Waals surface area contributed by atoms with Gasteiger partial charge in [-0.1, -0.05) is 0 Å². The van der Waals surface area contributed by atoms with Crippen LogP contribution in [0.2, 0.25) is 0 Å². The summed E-state index contributed by atoms with van der Waals surface area (Å²) in [6.45, 7) is 1.46. The molecule has 0 spiro atoms. The topological polar surface area (TPSA) is 69.4 Å². The Kier molecular flexibility index (Phi) is 3.22. The van der Waals surface area contributed by atoms with E-state index in [9.17, 15) is 23.7 Å². The summed E-state index contributed by atoms with van der Waals surface area (Å²) in [7, 11) is 0. The van der Waals surface area contributed by atoms with Crippen molar-refractivity contribution in [1.29, 1.82) is 0 Å². The Hall–Kier alpha value is -1.27. The lowest BCUT2D eigenvalue weighted by Crippen LogP contribution is -2.63. The van der Waals surface area contributed by atoms with Gasteiger partial charge < -0.3 is 4.74 Å². The lowest BCUT2D eigenvalue weighted by molar-refractivity contribution is -0.513. The molecule has 3 aliphatic carbocycles. The van der Waals surface area contributed by atoms with Crippen LogP contribution >= 0.6 is 0 Å². The normalized spacial score (nSPS) is 42.2. The highest BCUT2D eigenvalue weighted by Crippen LogP contribution is 2.75. The van der Waals surface area contributed by atoms with Gasteiger partial charge in [-0.15, -0.1) is 0 Å². The summed E-state index contributed by atoms with van der Waals surface area (Å²) in [5.74, 6) is -5.50. The van der Waals surface area contributed by atoms with E-state index in [-0.39, 0.29) is 13.0 Å². The first kappa shape index (κ1) is 14.7. The molecule has 0 radical (unpaired) electrons. The van der Waals surface area contributed by atoms with E-state index in [1.165, 1.54) is 0 Å². The minimum Gasteiger partial charge on any atom is -0.466 e. The molecule has 0 N–H and O–H groups in total. The van der Waals surface area contributed by atoms with Gasteiger partial charge in [0.25, 0.3) is 5.92 Å². The van der Waals surface area contributed by atoms with Crippen molar-refractivity contribution in [3.8, 4) is 0 Å². The number of carbonyl (C=O) groups excluding carboxylic acids is 1. The molecule has 3 saturated carbocycles. The van der Waals surface area contributed by atoms with Crippen LogP contribution in [-0.2, 0) is 9.53 Å². The number of esters is 1. The maximum atomic E-state index is 14.2. The van der Waals surface area contributed by atoms with E-state index in [2.05, 4.69) is 0 Å². The smallest absolute Gasteiger partial charge is 0.306 e. The lowest BCUT2D eigenvalue weighted by atomic mass is 9.44. The minimum atomic E-state index is -2.72. The van der Waals surface area contributed by atoms with Crippen molar-refractivity contribution in [3.63, 3.8) is 0 Å². The van der Waals surface area contributed by atoms with Crippen LogP contribution in [0.4, 0.5) is 8.78 Å².